The van der Waals surface area contributed by atoms with Crippen molar-refractivity contribution in [3.05, 3.63) is 62.6 Å². The first kappa shape index (κ1) is 23.7. The van der Waals surface area contributed by atoms with Crippen molar-refractivity contribution in [2.45, 2.75) is 63.1 Å². The molecule has 1 N–H and O–H groups in total. The van der Waals surface area contributed by atoms with Gasteiger partial charge in [-0.05, 0) is 48.6 Å². The van der Waals surface area contributed by atoms with Crippen molar-refractivity contribution < 1.29 is 19.4 Å². The summed E-state index contributed by atoms with van der Waals surface area (Å²) in [5.41, 5.74) is 2.07. The van der Waals surface area contributed by atoms with Gasteiger partial charge in [-0.15, -0.1) is 0 Å². The molecule has 1 heterocycles. The van der Waals surface area contributed by atoms with Crippen LogP contribution in [0.5, 0.6) is 5.75 Å². The number of esters is 1. The molecule has 1 saturated carbocycles. The Labute approximate surface area is 203 Å². The Bertz CT molecular complexity index is 941. The Hall–Kier alpha value is -1.46. The molecule has 172 valence electrons. The van der Waals surface area contributed by atoms with Gasteiger partial charge < -0.3 is 14.6 Å². The molecule has 0 spiro atoms. The van der Waals surface area contributed by atoms with E-state index in [9.17, 15) is 9.90 Å². The van der Waals surface area contributed by atoms with Gasteiger partial charge >= 0.3 is 5.97 Å². The molecule has 1 saturated heterocycles. The van der Waals surface area contributed by atoms with Crippen LogP contribution < -0.4 is 4.74 Å². The third-order valence-corrected chi connectivity index (χ3v) is 7.12. The van der Waals surface area contributed by atoms with Crippen molar-refractivity contribution in [3.8, 4) is 5.75 Å². The van der Waals surface area contributed by atoms with Gasteiger partial charge in [0.05, 0.1) is 17.5 Å². The van der Waals surface area contributed by atoms with Gasteiger partial charge in [-0.2, -0.15) is 0 Å². The number of carbonyl (C=O) groups excluding carboxylic acids is 1. The first-order valence-electron chi connectivity index (χ1n) is 11.2. The minimum atomic E-state index is -0.714. The monoisotopic (exact) mass is 496 g/mol. The number of benzene rings is 2. The van der Waals surface area contributed by atoms with Crippen LogP contribution in [0.25, 0.3) is 0 Å². The van der Waals surface area contributed by atoms with Crippen molar-refractivity contribution in [2.75, 3.05) is 6.61 Å². The number of hydrogen-bond donors (Lipinski definition) is 1. The Balaban J connectivity index is 1.68. The Morgan fingerprint density at radius 2 is 1.75 bits per heavy atom. The van der Waals surface area contributed by atoms with Crippen LogP contribution in [0.1, 0.15) is 62.0 Å². The van der Waals surface area contributed by atoms with Crippen molar-refractivity contribution in [1.82, 2.24) is 0 Å². The van der Waals surface area contributed by atoms with Crippen molar-refractivity contribution in [2.24, 2.45) is 5.92 Å². The Morgan fingerprint density at radius 3 is 2.44 bits per heavy atom. The summed E-state index contributed by atoms with van der Waals surface area (Å²) in [5.74, 6) is 0.619. The maximum Gasteiger partial charge on any atom is 0.308 e. The topological polar surface area (TPSA) is 55.8 Å². The van der Waals surface area contributed by atoms with Gasteiger partial charge in [-0.25, -0.2) is 0 Å². The lowest BCUT2D eigenvalue weighted by molar-refractivity contribution is -0.162. The first-order valence-corrected chi connectivity index (χ1v) is 12.3. The number of aliphatic hydroxyl groups excluding tert-OH is 1. The second-order valence-electron chi connectivity index (χ2n) is 8.75. The van der Waals surface area contributed by atoms with Crippen LogP contribution in [0.4, 0.5) is 0 Å². The highest BCUT2D eigenvalue weighted by Crippen LogP contribution is 2.47. The molecule has 0 radical (unpaired) electrons. The molecule has 0 bridgehead atoms. The predicted molar refractivity (Wildman–Crippen MR) is 127 cm³/mol. The average Bonchev–Trinajstić information content (AvgIpc) is 2.75. The molecule has 4 rings (SSSR count). The van der Waals surface area contributed by atoms with Crippen LogP contribution >= 0.6 is 34.8 Å². The summed E-state index contributed by atoms with van der Waals surface area (Å²) in [6, 6.07) is 11.5. The SMILES string of the molecule is O=C1CC(O)CC(COc2c(Cl)cc(Cl)cc2C(c2ccc(Cl)cc2)C2CCCCC2)O1. The molecule has 0 amide bonds. The van der Waals surface area contributed by atoms with E-state index in [0.717, 1.165) is 24.0 Å². The molecule has 2 fully saturated rings. The third-order valence-electron chi connectivity index (χ3n) is 6.37. The fourth-order valence-corrected chi connectivity index (χ4v) is 5.64. The molecule has 2 aromatic rings. The van der Waals surface area contributed by atoms with E-state index in [0.29, 0.717) is 33.2 Å². The molecule has 2 aromatic carbocycles. The van der Waals surface area contributed by atoms with Crippen LogP contribution in [0, 0.1) is 5.92 Å². The number of rotatable bonds is 6. The van der Waals surface area contributed by atoms with Crippen molar-refractivity contribution in [1.29, 1.82) is 0 Å². The molecule has 3 unspecified atom stereocenters. The summed E-state index contributed by atoms with van der Waals surface area (Å²) in [5, 5.41) is 11.6. The maximum atomic E-state index is 11.7. The summed E-state index contributed by atoms with van der Waals surface area (Å²) in [6.07, 6.45) is 4.98. The van der Waals surface area contributed by atoms with Crippen LogP contribution in [-0.4, -0.2) is 29.9 Å². The molecule has 1 aliphatic carbocycles. The van der Waals surface area contributed by atoms with E-state index >= 15 is 0 Å². The zero-order chi connectivity index (χ0) is 22.7. The molecule has 4 nitrogen and oxygen atoms in total. The lowest BCUT2D eigenvalue weighted by Gasteiger charge is -2.33. The van der Waals surface area contributed by atoms with Crippen LogP contribution in [0.15, 0.2) is 36.4 Å². The third kappa shape index (κ3) is 5.72. The van der Waals surface area contributed by atoms with Gasteiger partial charge in [0, 0.05) is 27.9 Å². The van der Waals surface area contributed by atoms with E-state index in [1.807, 2.05) is 18.2 Å². The summed E-state index contributed by atoms with van der Waals surface area (Å²) in [6.45, 7) is 0.120. The predicted octanol–water partition coefficient (Wildman–Crippen LogP) is 6.80. The summed E-state index contributed by atoms with van der Waals surface area (Å²) < 4.78 is 11.5. The molecule has 32 heavy (non-hydrogen) atoms. The quantitative estimate of drug-likeness (QED) is 0.446. The Morgan fingerprint density at radius 1 is 1.03 bits per heavy atom. The minimum Gasteiger partial charge on any atom is -0.488 e. The smallest absolute Gasteiger partial charge is 0.308 e. The second kappa shape index (κ2) is 10.6. The highest BCUT2D eigenvalue weighted by molar-refractivity contribution is 6.35. The maximum absolute atomic E-state index is 11.7. The number of halogens is 3. The molecule has 3 atom stereocenters. The van der Waals surface area contributed by atoms with Crippen LogP contribution in [0.3, 0.4) is 0 Å². The molecular weight excluding hydrogens is 471 g/mol. The lowest BCUT2D eigenvalue weighted by Crippen LogP contribution is -2.36. The van der Waals surface area contributed by atoms with Gasteiger partial charge in [0.15, 0.2) is 0 Å². The zero-order valence-electron chi connectivity index (χ0n) is 17.7. The number of aliphatic hydroxyl groups is 1. The normalized spacial score (nSPS) is 22.9. The zero-order valence-corrected chi connectivity index (χ0v) is 20.0. The van der Waals surface area contributed by atoms with E-state index in [2.05, 4.69) is 12.1 Å². The minimum absolute atomic E-state index is 0.0176. The molecule has 7 heteroatoms. The first-order chi connectivity index (χ1) is 15.4. The molecule has 1 aliphatic heterocycles. The van der Waals surface area contributed by atoms with E-state index in [-0.39, 0.29) is 18.9 Å². The molecule has 2 aliphatic rings. The highest BCUT2D eigenvalue weighted by atomic mass is 35.5. The fraction of sp³-hybridized carbons (Fsp3) is 0.480. The lowest BCUT2D eigenvalue weighted by atomic mass is 9.73. The van der Waals surface area contributed by atoms with E-state index in [1.54, 1.807) is 6.07 Å². The van der Waals surface area contributed by atoms with Crippen molar-refractivity contribution in [3.63, 3.8) is 0 Å². The van der Waals surface area contributed by atoms with E-state index < -0.39 is 18.2 Å². The Kier molecular flexibility index (Phi) is 7.88. The van der Waals surface area contributed by atoms with Gasteiger partial charge in [0.2, 0.25) is 0 Å². The average molecular weight is 498 g/mol. The highest BCUT2D eigenvalue weighted by Gasteiger charge is 2.32. The summed E-state index contributed by atoms with van der Waals surface area (Å²) in [4.78, 5) is 11.7. The second-order valence-corrected chi connectivity index (χ2v) is 10.0. The molecule has 0 aromatic heterocycles. The molecular formula is C25H27Cl3O4. The number of ether oxygens (including phenoxy) is 2. The van der Waals surface area contributed by atoms with Crippen molar-refractivity contribution >= 4 is 40.8 Å². The number of hydrogen-bond acceptors (Lipinski definition) is 4. The van der Waals surface area contributed by atoms with Gasteiger partial charge in [0.25, 0.3) is 0 Å². The van der Waals surface area contributed by atoms with Gasteiger partial charge in [-0.1, -0.05) is 66.2 Å². The van der Waals surface area contributed by atoms with E-state index in [1.165, 1.54) is 19.3 Å². The van der Waals surface area contributed by atoms with Crippen LogP contribution in [-0.2, 0) is 9.53 Å². The van der Waals surface area contributed by atoms with Gasteiger partial charge in [0.1, 0.15) is 18.5 Å². The van der Waals surface area contributed by atoms with Gasteiger partial charge in [-0.3, -0.25) is 4.79 Å². The van der Waals surface area contributed by atoms with E-state index in [4.69, 9.17) is 44.3 Å². The summed E-state index contributed by atoms with van der Waals surface area (Å²) >= 11 is 19.2. The number of carbonyl (C=O) groups is 1. The largest absolute Gasteiger partial charge is 0.488 e. The van der Waals surface area contributed by atoms with Crippen LogP contribution in [0.2, 0.25) is 15.1 Å². The fourth-order valence-electron chi connectivity index (χ4n) is 4.95. The standard InChI is InChI=1S/C25H27Cl3O4/c26-17-8-6-16(7-9-17)24(15-4-2-1-3-5-15)21-10-18(27)11-22(28)25(21)31-14-20-12-19(29)13-23(30)32-20/h6-11,15,19-20,24,29H,1-5,12-14H2. The summed E-state index contributed by atoms with van der Waals surface area (Å²) in [7, 11) is 0. The number of cyclic esters (lactones) is 1.